The third-order valence-electron chi connectivity index (χ3n) is 4.89. The second kappa shape index (κ2) is 6.86. The van der Waals surface area contributed by atoms with Crippen LogP contribution in [0.25, 0.3) is 0 Å². The van der Waals surface area contributed by atoms with Gasteiger partial charge in [-0.05, 0) is 63.0 Å². The van der Waals surface area contributed by atoms with Crippen LogP contribution in [0.4, 0.5) is 0 Å². The van der Waals surface area contributed by atoms with E-state index in [0.717, 1.165) is 21.3 Å². The molecule has 4 nitrogen and oxygen atoms in total. The molecular weight excluding hydrogens is 338 g/mol. The molecule has 3 aliphatic heterocycles. The topological polar surface area (TPSA) is 45.2 Å². The van der Waals surface area contributed by atoms with Gasteiger partial charge in [-0.2, -0.15) is 0 Å². The first-order valence-corrected chi connectivity index (χ1v) is 10.0. The standard InChI is InChI=1S/C18H21N3OS2/c1-12-10-19-18(23-12)24-15-4-2-14(3-5-15)17(22)20-16-11-21-8-6-13(16)7-9-21/h2-5,10,13,16H,6-9,11H2,1H3,(H,20,22). The fourth-order valence-corrected chi connectivity index (χ4v) is 5.45. The number of aryl methyl sites for hydroxylation is 1. The predicted molar refractivity (Wildman–Crippen MR) is 97.8 cm³/mol. The highest BCUT2D eigenvalue weighted by molar-refractivity contribution is 8.01. The number of carbonyl (C=O) groups is 1. The third-order valence-corrected chi connectivity index (χ3v) is 6.89. The lowest BCUT2D eigenvalue weighted by Crippen LogP contribution is -2.57. The molecule has 24 heavy (non-hydrogen) atoms. The van der Waals surface area contributed by atoms with E-state index in [9.17, 15) is 4.79 Å². The number of amides is 1. The SMILES string of the molecule is Cc1cnc(Sc2ccc(C(=O)NC3CN4CCC3CC4)cc2)s1. The molecule has 1 amide bonds. The Morgan fingerprint density at radius 1 is 1.29 bits per heavy atom. The Balaban J connectivity index is 1.38. The maximum absolute atomic E-state index is 12.5. The minimum Gasteiger partial charge on any atom is -0.348 e. The fourth-order valence-electron chi connectivity index (χ4n) is 3.54. The van der Waals surface area contributed by atoms with Crippen LogP contribution in [-0.2, 0) is 0 Å². The van der Waals surface area contributed by atoms with Crippen molar-refractivity contribution in [3.05, 3.63) is 40.9 Å². The molecule has 3 fully saturated rings. The van der Waals surface area contributed by atoms with E-state index >= 15 is 0 Å². The Labute approximate surface area is 150 Å². The van der Waals surface area contributed by atoms with Crippen molar-refractivity contribution in [1.29, 1.82) is 0 Å². The van der Waals surface area contributed by atoms with Gasteiger partial charge in [0.1, 0.15) is 0 Å². The van der Waals surface area contributed by atoms with Crippen LogP contribution in [0.1, 0.15) is 28.1 Å². The van der Waals surface area contributed by atoms with Gasteiger partial charge in [0.15, 0.2) is 4.34 Å². The number of thiazole rings is 1. The van der Waals surface area contributed by atoms with Gasteiger partial charge >= 0.3 is 0 Å². The lowest BCUT2D eigenvalue weighted by atomic mass is 9.84. The van der Waals surface area contributed by atoms with Gasteiger partial charge < -0.3 is 10.2 Å². The molecule has 2 aromatic rings. The summed E-state index contributed by atoms with van der Waals surface area (Å²) in [4.78, 5) is 21.7. The van der Waals surface area contributed by atoms with Gasteiger partial charge in [0, 0.05) is 34.1 Å². The first-order chi connectivity index (χ1) is 11.7. The van der Waals surface area contributed by atoms with Crippen LogP contribution in [0.2, 0.25) is 0 Å². The zero-order chi connectivity index (χ0) is 16.5. The summed E-state index contributed by atoms with van der Waals surface area (Å²) in [5.74, 6) is 0.706. The molecule has 1 aromatic carbocycles. The van der Waals surface area contributed by atoms with Crippen molar-refractivity contribution >= 4 is 29.0 Å². The Morgan fingerprint density at radius 3 is 2.62 bits per heavy atom. The monoisotopic (exact) mass is 359 g/mol. The molecule has 1 N–H and O–H groups in total. The van der Waals surface area contributed by atoms with E-state index in [1.165, 1.54) is 30.8 Å². The van der Waals surface area contributed by atoms with Crippen molar-refractivity contribution < 1.29 is 4.79 Å². The van der Waals surface area contributed by atoms with Crippen LogP contribution in [0.5, 0.6) is 0 Å². The summed E-state index contributed by atoms with van der Waals surface area (Å²) < 4.78 is 1.04. The number of aromatic nitrogens is 1. The Morgan fingerprint density at radius 2 is 2.04 bits per heavy atom. The van der Waals surface area contributed by atoms with Crippen molar-refractivity contribution in [2.24, 2.45) is 5.92 Å². The van der Waals surface area contributed by atoms with Crippen LogP contribution in [0.3, 0.4) is 0 Å². The normalized spacial score (nSPS) is 25.6. The molecule has 2 bridgehead atoms. The van der Waals surface area contributed by atoms with Crippen molar-refractivity contribution in [2.45, 2.75) is 35.0 Å². The van der Waals surface area contributed by atoms with Gasteiger partial charge in [-0.1, -0.05) is 11.8 Å². The molecule has 126 valence electrons. The molecule has 4 heterocycles. The van der Waals surface area contributed by atoms with Crippen LogP contribution >= 0.6 is 23.1 Å². The number of rotatable bonds is 4. The molecule has 5 rings (SSSR count). The highest BCUT2D eigenvalue weighted by Crippen LogP contribution is 2.31. The summed E-state index contributed by atoms with van der Waals surface area (Å²) >= 11 is 3.33. The van der Waals surface area contributed by atoms with Crippen molar-refractivity contribution in [2.75, 3.05) is 19.6 Å². The summed E-state index contributed by atoms with van der Waals surface area (Å²) in [7, 11) is 0. The molecule has 3 aliphatic rings. The van der Waals surface area contributed by atoms with Crippen LogP contribution in [0, 0.1) is 12.8 Å². The molecule has 6 heteroatoms. The lowest BCUT2D eigenvalue weighted by Gasteiger charge is -2.44. The summed E-state index contributed by atoms with van der Waals surface area (Å²) in [6, 6.07) is 8.16. The van der Waals surface area contributed by atoms with Gasteiger partial charge in [0.05, 0.1) is 0 Å². The van der Waals surface area contributed by atoms with E-state index in [4.69, 9.17) is 0 Å². The van der Waals surface area contributed by atoms with Crippen LogP contribution in [0.15, 0.2) is 39.7 Å². The lowest BCUT2D eigenvalue weighted by molar-refractivity contribution is 0.0620. The van der Waals surface area contributed by atoms with Gasteiger partial charge in [0.25, 0.3) is 5.91 Å². The van der Waals surface area contributed by atoms with Gasteiger partial charge in [0.2, 0.25) is 0 Å². The van der Waals surface area contributed by atoms with Crippen molar-refractivity contribution in [1.82, 2.24) is 15.2 Å². The van der Waals surface area contributed by atoms with Gasteiger partial charge in [-0.25, -0.2) is 4.98 Å². The summed E-state index contributed by atoms with van der Waals surface area (Å²) in [5, 5.41) is 3.24. The number of nitrogens with one attached hydrogen (secondary N) is 1. The highest BCUT2D eigenvalue weighted by Gasteiger charge is 2.34. The zero-order valence-corrected chi connectivity index (χ0v) is 15.3. The van der Waals surface area contributed by atoms with E-state index in [1.807, 2.05) is 30.5 Å². The van der Waals surface area contributed by atoms with Gasteiger partial charge in [-0.15, -0.1) is 11.3 Å². The highest BCUT2D eigenvalue weighted by atomic mass is 32.2. The number of fused-ring (bicyclic) bond motifs is 3. The number of benzene rings is 1. The molecule has 1 aromatic heterocycles. The smallest absolute Gasteiger partial charge is 0.251 e. The maximum atomic E-state index is 12.5. The average molecular weight is 360 g/mol. The van der Waals surface area contributed by atoms with E-state index in [1.54, 1.807) is 23.1 Å². The second-order valence-electron chi connectivity index (χ2n) is 6.58. The minimum absolute atomic E-state index is 0.0513. The number of nitrogens with zero attached hydrogens (tertiary/aromatic N) is 2. The summed E-state index contributed by atoms with van der Waals surface area (Å²) in [6.07, 6.45) is 4.32. The number of hydrogen-bond acceptors (Lipinski definition) is 5. The maximum Gasteiger partial charge on any atom is 0.251 e. The number of hydrogen-bond donors (Lipinski definition) is 1. The molecule has 0 aliphatic carbocycles. The van der Waals surface area contributed by atoms with Crippen LogP contribution < -0.4 is 5.32 Å². The quantitative estimate of drug-likeness (QED) is 0.908. The molecule has 0 spiro atoms. The summed E-state index contributed by atoms with van der Waals surface area (Å²) in [6.45, 7) is 5.45. The fraction of sp³-hybridized carbons (Fsp3) is 0.444. The third kappa shape index (κ3) is 3.50. The molecule has 3 saturated heterocycles. The largest absolute Gasteiger partial charge is 0.348 e. The van der Waals surface area contributed by atoms with E-state index in [-0.39, 0.29) is 5.91 Å². The second-order valence-corrected chi connectivity index (χ2v) is 9.14. The van der Waals surface area contributed by atoms with Crippen LogP contribution in [-0.4, -0.2) is 41.5 Å². The molecule has 1 atom stereocenters. The molecular formula is C18H21N3OS2. The first-order valence-electron chi connectivity index (χ1n) is 8.41. The van der Waals surface area contributed by atoms with Crippen molar-refractivity contribution in [3.63, 3.8) is 0 Å². The molecule has 0 saturated carbocycles. The minimum atomic E-state index is 0.0513. The van der Waals surface area contributed by atoms with E-state index in [2.05, 4.69) is 22.1 Å². The Bertz CT molecular complexity index is 720. The number of piperidine rings is 3. The van der Waals surface area contributed by atoms with Gasteiger partial charge in [-0.3, -0.25) is 4.79 Å². The zero-order valence-electron chi connectivity index (χ0n) is 13.7. The van der Waals surface area contributed by atoms with Crippen molar-refractivity contribution in [3.8, 4) is 0 Å². The molecule has 0 radical (unpaired) electrons. The molecule has 1 unspecified atom stereocenters. The summed E-state index contributed by atoms with van der Waals surface area (Å²) in [5.41, 5.74) is 0.742. The Kier molecular flexibility index (Phi) is 4.61. The Hall–Kier alpha value is -1.37. The first kappa shape index (κ1) is 16.1. The predicted octanol–water partition coefficient (Wildman–Crippen LogP) is 3.43. The number of carbonyl (C=O) groups excluding carboxylic acids is 1. The van der Waals surface area contributed by atoms with E-state index < -0.39 is 0 Å². The average Bonchev–Trinajstić information content (AvgIpc) is 3.01. The van der Waals surface area contributed by atoms with E-state index in [0.29, 0.717) is 12.0 Å².